The van der Waals surface area contributed by atoms with Gasteiger partial charge in [-0.1, -0.05) is 24.6 Å². The van der Waals surface area contributed by atoms with Crippen molar-refractivity contribution in [1.82, 2.24) is 10.3 Å². The predicted octanol–water partition coefficient (Wildman–Crippen LogP) is 3.60. The molecule has 0 saturated carbocycles. The Balaban J connectivity index is 2.26. The molecule has 0 unspecified atom stereocenters. The molecule has 3 nitrogen and oxygen atoms in total. The van der Waals surface area contributed by atoms with E-state index in [0.29, 0.717) is 0 Å². The number of nitrogens with one attached hydrogen (secondary N) is 1. The molecule has 0 amide bonds. The van der Waals surface area contributed by atoms with Gasteiger partial charge in [-0.25, -0.2) is 0 Å². The molecule has 1 aromatic carbocycles. The van der Waals surface area contributed by atoms with Gasteiger partial charge in [-0.3, -0.25) is 4.98 Å². The van der Waals surface area contributed by atoms with E-state index >= 15 is 0 Å². The van der Waals surface area contributed by atoms with E-state index in [4.69, 9.17) is 4.74 Å². The fourth-order valence-corrected chi connectivity index (χ4v) is 1.90. The van der Waals surface area contributed by atoms with Crippen LogP contribution >= 0.6 is 0 Å². The van der Waals surface area contributed by atoms with Crippen LogP contribution in [-0.4, -0.2) is 11.5 Å². The zero-order valence-electron chi connectivity index (χ0n) is 11.7. The number of hydrogen-bond donors (Lipinski definition) is 1. The summed E-state index contributed by atoms with van der Waals surface area (Å²) >= 11 is 0. The average molecular weight is 256 g/mol. The van der Waals surface area contributed by atoms with Gasteiger partial charge in [-0.2, -0.15) is 0 Å². The van der Waals surface area contributed by atoms with Crippen LogP contribution in [0.4, 0.5) is 0 Å². The third-order valence-electron chi connectivity index (χ3n) is 2.96. The molecule has 0 fully saturated rings. The zero-order valence-corrected chi connectivity index (χ0v) is 11.7. The highest BCUT2D eigenvalue weighted by Crippen LogP contribution is 2.27. The third kappa shape index (κ3) is 3.55. The van der Waals surface area contributed by atoms with Crippen molar-refractivity contribution in [3.05, 3.63) is 53.3 Å². The Kier molecular flexibility index (Phi) is 4.53. The number of ether oxygens (including phenoxy) is 1. The monoisotopic (exact) mass is 256 g/mol. The van der Waals surface area contributed by atoms with Crippen LogP contribution in [0.15, 0.2) is 36.5 Å². The van der Waals surface area contributed by atoms with Crippen LogP contribution in [0.5, 0.6) is 11.5 Å². The molecule has 3 heteroatoms. The molecule has 0 aliphatic rings. The minimum absolute atomic E-state index is 0.809. The number of hydrogen-bond acceptors (Lipinski definition) is 3. The maximum absolute atomic E-state index is 5.99. The molecule has 2 aromatic rings. The Morgan fingerprint density at radius 3 is 2.74 bits per heavy atom. The minimum atomic E-state index is 0.809. The molecule has 1 aromatic heterocycles. The third-order valence-corrected chi connectivity index (χ3v) is 2.96. The van der Waals surface area contributed by atoms with Crippen molar-refractivity contribution in [2.75, 3.05) is 6.54 Å². The Bertz CT molecular complexity index is 552. The van der Waals surface area contributed by atoms with Gasteiger partial charge >= 0.3 is 0 Å². The van der Waals surface area contributed by atoms with Gasteiger partial charge in [0.2, 0.25) is 0 Å². The second-order valence-electron chi connectivity index (χ2n) is 4.58. The molecule has 19 heavy (non-hydrogen) atoms. The molecule has 2 rings (SSSR count). The van der Waals surface area contributed by atoms with Crippen LogP contribution < -0.4 is 10.1 Å². The van der Waals surface area contributed by atoms with Gasteiger partial charge in [0.05, 0.1) is 5.69 Å². The van der Waals surface area contributed by atoms with Gasteiger partial charge < -0.3 is 10.1 Å². The van der Waals surface area contributed by atoms with Crippen molar-refractivity contribution < 1.29 is 4.74 Å². The van der Waals surface area contributed by atoms with E-state index in [9.17, 15) is 0 Å². The Morgan fingerprint density at radius 1 is 1.16 bits per heavy atom. The summed E-state index contributed by atoms with van der Waals surface area (Å²) in [6.07, 6.45) is 1.77. The summed E-state index contributed by atoms with van der Waals surface area (Å²) in [4.78, 5) is 4.24. The lowest BCUT2D eigenvalue weighted by Crippen LogP contribution is -2.12. The number of aromatic nitrogens is 1. The van der Waals surface area contributed by atoms with E-state index in [-0.39, 0.29) is 0 Å². The Labute approximate surface area is 114 Å². The normalized spacial score (nSPS) is 10.5. The molecule has 1 heterocycles. The summed E-state index contributed by atoms with van der Waals surface area (Å²) in [5.74, 6) is 1.70. The van der Waals surface area contributed by atoms with Crippen LogP contribution in [0.2, 0.25) is 0 Å². The highest BCUT2D eigenvalue weighted by molar-refractivity contribution is 5.41. The first kappa shape index (κ1) is 13.6. The standard InChI is InChI=1S/C16H20N2O/c1-4-17-11-14-10-12(2)7-8-16(14)19-15-6-5-9-18-13(15)3/h5-10,17H,4,11H2,1-3H3. The lowest BCUT2D eigenvalue weighted by Gasteiger charge is -2.13. The highest BCUT2D eigenvalue weighted by atomic mass is 16.5. The van der Waals surface area contributed by atoms with Crippen molar-refractivity contribution in [2.24, 2.45) is 0 Å². The van der Waals surface area contributed by atoms with Gasteiger partial charge in [0.25, 0.3) is 0 Å². The minimum Gasteiger partial charge on any atom is -0.455 e. The van der Waals surface area contributed by atoms with E-state index in [2.05, 4.69) is 36.3 Å². The lowest BCUT2D eigenvalue weighted by atomic mass is 10.1. The van der Waals surface area contributed by atoms with E-state index in [1.807, 2.05) is 25.1 Å². The van der Waals surface area contributed by atoms with Gasteiger partial charge in [-0.15, -0.1) is 0 Å². The second-order valence-corrected chi connectivity index (χ2v) is 4.58. The summed E-state index contributed by atoms with van der Waals surface area (Å²) in [7, 11) is 0. The van der Waals surface area contributed by atoms with E-state index < -0.39 is 0 Å². The molecular weight excluding hydrogens is 236 g/mol. The summed E-state index contributed by atoms with van der Waals surface area (Å²) in [5, 5.41) is 3.34. The predicted molar refractivity (Wildman–Crippen MR) is 77.6 cm³/mol. The van der Waals surface area contributed by atoms with E-state index in [1.54, 1.807) is 6.20 Å². The Hall–Kier alpha value is -1.87. The maximum Gasteiger partial charge on any atom is 0.148 e. The van der Waals surface area contributed by atoms with Crippen molar-refractivity contribution >= 4 is 0 Å². The molecule has 0 saturated heterocycles. The lowest BCUT2D eigenvalue weighted by molar-refractivity contribution is 0.466. The number of pyridine rings is 1. The molecular formula is C16H20N2O. The van der Waals surface area contributed by atoms with Crippen molar-refractivity contribution in [1.29, 1.82) is 0 Å². The SMILES string of the molecule is CCNCc1cc(C)ccc1Oc1cccnc1C. The summed E-state index contributed by atoms with van der Waals surface area (Å²) in [6, 6.07) is 10.1. The quantitative estimate of drug-likeness (QED) is 0.887. The van der Waals surface area contributed by atoms with Crippen LogP contribution in [0, 0.1) is 13.8 Å². The van der Waals surface area contributed by atoms with Crippen molar-refractivity contribution in [3.63, 3.8) is 0 Å². The van der Waals surface area contributed by atoms with E-state index in [1.165, 1.54) is 11.1 Å². The number of benzene rings is 1. The average Bonchev–Trinajstić information content (AvgIpc) is 2.41. The smallest absolute Gasteiger partial charge is 0.148 e. The van der Waals surface area contributed by atoms with Gasteiger partial charge in [0.15, 0.2) is 0 Å². The van der Waals surface area contributed by atoms with Gasteiger partial charge in [-0.05, 0) is 38.6 Å². The molecule has 100 valence electrons. The molecule has 1 N–H and O–H groups in total. The topological polar surface area (TPSA) is 34.1 Å². The fraction of sp³-hybridized carbons (Fsp3) is 0.312. The molecule has 0 bridgehead atoms. The molecule has 0 radical (unpaired) electrons. The Morgan fingerprint density at radius 2 is 2.00 bits per heavy atom. The van der Waals surface area contributed by atoms with Gasteiger partial charge in [0, 0.05) is 18.3 Å². The van der Waals surface area contributed by atoms with E-state index in [0.717, 1.165) is 30.3 Å². The summed E-state index contributed by atoms with van der Waals surface area (Å²) in [5.41, 5.74) is 3.31. The molecule has 0 atom stereocenters. The number of nitrogens with zero attached hydrogens (tertiary/aromatic N) is 1. The summed E-state index contributed by atoms with van der Waals surface area (Å²) < 4.78 is 5.99. The second kappa shape index (κ2) is 6.34. The molecule has 0 aliphatic carbocycles. The van der Waals surface area contributed by atoms with Crippen LogP contribution in [-0.2, 0) is 6.54 Å². The maximum atomic E-state index is 5.99. The first-order chi connectivity index (χ1) is 9.20. The first-order valence-corrected chi connectivity index (χ1v) is 6.60. The zero-order chi connectivity index (χ0) is 13.7. The number of aryl methyl sites for hydroxylation is 2. The van der Waals surface area contributed by atoms with Crippen molar-refractivity contribution in [3.8, 4) is 11.5 Å². The number of rotatable bonds is 5. The van der Waals surface area contributed by atoms with Crippen LogP contribution in [0.1, 0.15) is 23.7 Å². The first-order valence-electron chi connectivity index (χ1n) is 6.60. The fourth-order valence-electron chi connectivity index (χ4n) is 1.90. The summed E-state index contributed by atoms with van der Waals surface area (Å²) in [6.45, 7) is 7.90. The molecule has 0 aliphatic heterocycles. The van der Waals surface area contributed by atoms with Gasteiger partial charge in [0.1, 0.15) is 11.5 Å². The van der Waals surface area contributed by atoms with Crippen molar-refractivity contribution in [2.45, 2.75) is 27.3 Å². The molecule has 0 spiro atoms. The largest absolute Gasteiger partial charge is 0.455 e. The van der Waals surface area contributed by atoms with Crippen LogP contribution in [0.3, 0.4) is 0 Å². The highest BCUT2D eigenvalue weighted by Gasteiger charge is 2.07. The van der Waals surface area contributed by atoms with Crippen LogP contribution in [0.25, 0.3) is 0 Å².